The molecule has 0 heterocycles. The van der Waals surface area contributed by atoms with Crippen LogP contribution in [-0.4, -0.2) is 8.07 Å². The van der Waals surface area contributed by atoms with Crippen molar-refractivity contribution in [1.82, 2.24) is 0 Å². The van der Waals surface area contributed by atoms with E-state index < -0.39 is 8.07 Å². The van der Waals surface area contributed by atoms with Gasteiger partial charge in [0.25, 0.3) is 0 Å². The molecule has 0 aliphatic heterocycles. The lowest BCUT2D eigenvalue weighted by Crippen LogP contribution is -2.56. The Kier molecular flexibility index (Phi) is 4.54. The van der Waals surface area contributed by atoms with Crippen molar-refractivity contribution in [2.45, 2.75) is 52.6 Å². The summed E-state index contributed by atoms with van der Waals surface area (Å²) >= 11 is 0. The maximum absolute atomic E-state index is 2.56. The highest BCUT2D eigenvalue weighted by molar-refractivity contribution is 7.01. The number of fused-ring (bicyclic) bond motifs is 2. The third kappa shape index (κ3) is 2.88. The fourth-order valence-electron chi connectivity index (χ4n) is 5.15. The third-order valence-electron chi connectivity index (χ3n) is 6.70. The van der Waals surface area contributed by atoms with E-state index in [0.717, 1.165) is 0 Å². The Balaban J connectivity index is 1.89. The van der Waals surface area contributed by atoms with Crippen LogP contribution in [0.15, 0.2) is 48.6 Å². The van der Waals surface area contributed by atoms with Crippen molar-refractivity contribution >= 4 is 30.6 Å². The maximum Gasteiger partial charge on any atom is 0.113 e. The molecule has 27 heavy (non-hydrogen) atoms. The van der Waals surface area contributed by atoms with E-state index in [-0.39, 0.29) is 0 Å². The molecule has 0 amide bonds. The minimum atomic E-state index is -1.82. The zero-order valence-corrected chi connectivity index (χ0v) is 18.6. The molecular formula is C26H32Si. The van der Waals surface area contributed by atoms with Gasteiger partial charge in [0.2, 0.25) is 0 Å². The minimum Gasteiger partial charge on any atom is -0.0761 e. The molecule has 2 aliphatic rings. The van der Waals surface area contributed by atoms with Gasteiger partial charge in [0, 0.05) is 11.8 Å². The summed E-state index contributed by atoms with van der Waals surface area (Å²) in [5.74, 6) is 2.39. The fourth-order valence-corrected chi connectivity index (χ4v) is 8.44. The first-order valence-corrected chi connectivity index (χ1v) is 13.5. The van der Waals surface area contributed by atoms with E-state index in [0.29, 0.717) is 23.7 Å². The first kappa shape index (κ1) is 18.5. The summed E-state index contributed by atoms with van der Waals surface area (Å²) in [6.07, 6.45) is 9.55. The highest BCUT2D eigenvalue weighted by atomic mass is 28.3. The van der Waals surface area contributed by atoms with E-state index in [4.69, 9.17) is 0 Å². The van der Waals surface area contributed by atoms with E-state index in [2.05, 4.69) is 101 Å². The van der Waals surface area contributed by atoms with Crippen molar-refractivity contribution in [3.05, 3.63) is 70.8 Å². The maximum atomic E-state index is 2.56. The molecule has 140 valence electrons. The quantitative estimate of drug-likeness (QED) is 0.574. The Bertz CT molecular complexity index is 852. The van der Waals surface area contributed by atoms with Crippen LogP contribution < -0.4 is 10.4 Å². The summed E-state index contributed by atoms with van der Waals surface area (Å²) in [4.78, 5) is 0. The van der Waals surface area contributed by atoms with Crippen LogP contribution in [0.25, 0.3) is 12.2 Å². The van der Waals surface area contributed by atoms with E-state index in [1.165, 1.54) is 11.1 Å². The molecule has 0 aromatic heterocycles. The molecule has 0 fully saturated rings. The van der Waals surface area contributed by atoms with Gasteiger partial charge >= 0.3 is 0 Å². The molecule has 2 atom stereocenters. The second-order valence-electron chi connectivity index (χ2n) is 9.50. The highest BCUT2D eigenvalue weighted by Gasteiger charge is 2.37. The molecule has 2 aromatic rings. The molecule has 0 radical (unpaired) electrons. The number of hydrogen-bond acceptors (Lipinski definition) is 0. The van der Waals surface area contributed by atoms with Crippen LogP contribution in [0.2, 0.25) is 13.1 Å². The fraction of sp³-hybridized carbons (Fsp3) is 0.385. The Labute approximate surface area is 166 Å². The second-order valence-corrected chi connectivity index (χ2v) is 13.8. The van der Waals surface area contributed by atoms with Crippen LogP contribution in [-0.2, 0) is 0 Å². The predicted molar refractivity (Wildman–Crippen MR) is 123 cm³/mol. The average Bonchev–Trinajstić information content (AvgIpc) is 3.25. The average molecular weight is 373 g/mol. The van der Waals surface area contributed by atoms with Gasteiger partial charge in [0.05, 0.1) is 0 Å². The number of hydrogen-bond donors (Lipinski definition) is 0. The van der Waals surface area contributed by atoms with Gasteiger partial charge in [-0.05, 0) is 34.1 Å². The lowest BCUT2D eigenvalue weighted by Gasteiger charge is -2.33. The Morgan fingerprint density at radius 3 is 1.44 bits per heavy atom. The topological polar surface area (TPSA) is 0 Å². The van der Waals surface area contributed by atoms with Crippen molar-refractivity contribution in [2.24, 2.45) is 11.8 Å². The van der Waals surface area contributed by atoms with Gasteiger partial charge < -0.3 is 0 Å². The Morgan fingerprint density at radius 1 is 0.667 bits per heavy atom. The van der Waals surface area contributed by atoms with Gasteiger partial charge in [0.15, 0.2) is 0 Å². The minimum absolute atomic E-state index is 0.554. The summed E-state index contributed by atoms with van der Waals surface area (Å²) in [5, 5.41) is 3.26. The third-order valence-corrected chi connectivity index (χ3v) is 10.3. The smallest absolute Gasteiger partial charge is 0.0761 e. The summed E-state index contributed by atoms with van der Waals surface area (Å²) in [6, 6.07) is 14.0. The van der Waals surface area contributed by atoms with E-state index in [9.17, 15) is 0 Å². The summed E-state index contributed by atoms with van der Waals surface area (Å²) < 4.78 is 0. The zero-order valence-electron chi connectivity index (χ0n) is 17.6. The van der Waals surface area contributed by atoms with Crippen molar-refractivity contribution in [3.63, 3.8) is 0 Å². The number of benzene rings is 2. The van der Waals surface area contributed by atoms with Gasteiger partial charge in [-0.25, -0.2) is 0 Å². The van der Waals surface area contributed by atoms with Crippen molar-refractivity contribution < 1.29 is 0 Å². The van der Waals surface area contributed by atoms with Crippen LogP contribution in [0, 0.1) is 11.8 Å². The summed E-state index contributed by atoms with van der Waals surface area (Å²) in [5.41, 5.74) is 6.10. The van der Waals surface area contributed by atoms with Crippen molar-refractivity contribution in [2.75, 3.05) is 0 Å². The number of allylic oxidation sites excluding steroid dienone is 2. The van der Waals surface area contributed by atoms with Crippen molar-refractivity contribution in [3.8, 4) is 0 Å². The highest BCUT2D eigenvalue weighted by Crippen LogP contribution is 2.38. The Hall–Kier alpha value is -1.86. The second kappa shape index (κ2) is 6.63. The zero-order chi connectivity index (χ0) is 19.3. The summed E-state index contributed by atoms with van der Waals surface area (Å²) in [7, 11) is -1.82. The first-order chi connectivity index (χ1) is 12.8. The lowest BCUT2D eigenvalue weighted by molar-refractivity contribution is 0.585. The predicted octanol–water partition coefficient (Wildman–Crippen LogP) is 6.04. The largest absolute Gasteiger partial charge is 0.113 e. The van der Waals surface area contributed by atoms with Gasteiger partial charge in [-0.15, -0.1) is 0 Å². The SMILES string of the molecule is CC(C)C1C=Cc2cccc([Si](C)(C)c3cccc4c3C(C(C)C)C=C4)c21. The standard InChI is InChI=1S/C26H32Si/c1-17(2)21-15-13-19-9-7-11-23(25(19)21)27(5,6)24-12-8-10-20-14-16-22(18(3)4)26(20)24/h7-18,21-22H,1-6H3. The molecule has 2 aromatic carbocycles. The van der Waals surface area contributed by atoms with Gasteiger partial charge in [-0.3, -0.25) is 0 Å². The molecule has 4 rings (SSSR count). The summed E-state index contributed by atoms with van der Waals surface area (Å²) in [6.45, 7) is 14.5. The van der Waals surface area contributed by atoms with Gasteiger partial charge in [-0.2, -0.15) is 0 Å². The lowest BCUT2D eigenvalue weighted by atomic mass is 9.90. The van der Waals surface area contributed by atoms with Crippen LogP contribution in [0.4, 0.5) is 0 Å². The molecule has 0 saturated heterocycles. The monoisotopic (exact) mass is 372 g/mol. The van der Waals surface area contributed by atoms with Crippen LogP contribution in [0.3, 0.4) is 0 Å². The molecule has 2 aliphatic carbocycles. The molecule has 0 nitrogen and oxygen atoms in total. The van der Waals surface area contributed by atoms with E-state index >= 15 is 0 Å². The van der Waals surface area contributed by atoms with E-state index in [1.807, 2.05) is 0 Å². The van der Waals surface area contributed by atoms with Crippen molar-refractivity contribution in [1.29, 1.82) is 0 Å². The number of rotatable bonds is 4. The normalized spacial score (nSPS) is 20.6. The molecule has 2 unspecified atom stereocenters. The van der Waals surface area contributed by atoms with Gasteiger partial charge in [-0.1, -0.05) is 112 Å². The molecule has 0 N–H and O–H groups in total. The van der Waals surface area contributed by atoms with Crippen LogP contribution >= 0.6 is 0 Å². The van der Waals surface area contributed by atoms with E-state index in [1.54, 1.807) is 21.5 Å². The first-order valence-electron chi connectivity index (χ1n) is 10.5. The van der Waals surface area contributed by atoms with Crippen LogP contribution in [0.1, 0.15) is 61.8 Å². The molecule has 0 bridgehead atoms. The Morgan fingerprint density at radius 2 is 1.07 bits per heavy atom. The molecule has 0 saturated carbocycles. The molecule has 0 spiro atoms. The van der Waals surface area contributed by atoms with Crippen LogP contribution in [0.5, 0.6) is 0 Å². The molecular weight excluding hydrogens is 340 g/mol. The van der Waals surface area contributed by atoms with Gasteiger partial charge in [0.1, 0.15) is 8.07 Å². The molecule has 1 heteroatoms.